The van der Waals surface area contributed by atoms with Gasteiger partial charge in [0.05, 0.1) is 6.26 Å². The topological polar surface area (TPSA) is 94.6 Å². The minimum absolute atomic E-state index is 0. The van der Waals surface area contributed by atoms with Crippen molar-refractivity contribution in [3.05, 3.63) is 36.3 Å². The molecule has 0 atom stereocenters. The fourth-order valence-electron chi connectivity index (χ4n) is 1.33. The van der Waals surface area contributed by atoms with Gasteiger partial charge in [-0.25, -0.2) is 0 Å². The number of furan rings is 1. The molecule has 0 bridgehead atoms. The molecule has 0 radical (unpaired) electrons. The Bertz CT molecular complexity index is 544. The Balaban J connectivity index is 0.00000128. The summed E-state index contributed by atoms with van der Waals surface area (Å²) in [6, 6.07) is 7.27. The average molecular weight is 240 g/mol. The molecule has 16 heavy (non-hydrogen) atoms. The van der Waals surface area contributed by atoms with Gasteiger partial charge < -0.3 is 15.9 Å². The third kappa shape index (κ3) is 2.14. The maximum absolute atomic E-state index is 11.5. The van der Waals surface area contributed by atoms with Gasteiger partial charge in [-0.1, -0.05) is 24.3 Å². The van der Waals surface area contributed by atoms with Gasteiger partial charge in [-0.2, -0.15) is 4.99 Å². The van der Waals surface area contributed by atoms with Crippen LogP contribution in [-0.4, -0.2) is 11.9 Å². The SMILES string of the molecule is Cl.NC(N)=NC(=O)c1occ2ccccc12. The first-order chi connectivity index (χ1) is 7.18. The Hall–Kier alpha value is -2.01. The zero-order valence-electron chi connectivity index (χ0n) is 8.21. The molecule has 1 amide bonds. The lowest BCUT2D eigenvalue weighted by Gasteiger charge is -1.92. The third-order valence-electron chi connectivity index (χ3n) is 1.93. The Morgan fingerprint density at radius 3 is 2.62 bits per heavy atom. The van der Waals surface area contributed by atoms with Crippen LogP contribution in [0.15, 0.2) is 39.9 Å². The molecular formula is C10H10ClN3O2. The van der Waals surface area contributed by atoms with Crippen molar-refractivity contribution in [3.8, 4) is 0 Å². The molecule has 0 fully saturated rings. The molecule has 2 aromatic rings. The van der Waals surface area contributed by atoms with E-state index in [4.69, 9.17) is 15.9 Å². The Morgan fingerprint density at radius 1 is 1.25 bits per heavy atom. The van der Waals surface area contributed by atoms with Crippen molar-refractivity contribution in [1.29, 1.82) is 0 Å². The van der Waals surface area contributed by atoms with E-state index in [2.05, 4.69) is 4.99 Å². The third-order valence-corrected chi connectivity index (χ3v) is 1.93. The predicted molar refractivity (Wildman–Crippen MR) is 63.6 cm³/mol. The van der Waals surface area contributed by atoms with Crippen LogP contribution < -0.4 is 11.5 Å². The average Bonchev–Trinajstić information content (AvgIpc) is 2.59. The first-order valence-electron chi connectivity index (χ1n) is 4.28. The fourth-order valence-corrected chi connectivity index (χ4v) is 1.33. The standard InChI is InChI=1S/C10H9N3O2.ClH/c11-10(12)13-9(14)8-7-4-2-1-3-6(7)5-15-8;/h1-5H,(H4,11,12,13,14);1H. The van der Waals surface area contributed by atoms with Crippen molar-refractivity contribution in [1.82, 2.24) is 0 Å². The van der Waals surface area contributed by atoms with Gasteiger partial charge in [0.25, 0.3) is 0 Å². The quantitative estimate of drug-likeness (QED) is 0.579. The van der Waals surface area contributed by atoms with Gasteiger partial charge in [0.1, 0.15) is 0 Å². The maximum atomic E-state index is 11.5. The summed E-state index contributed by atoms with van der Waals surface area (Å²) in [7, 11) is 0. The summed E-state index contributed by atoms with van der Waals surface area (Å²) in [6.07, 6.45) is 1.49. The van der Waals surface area contributed by atoms with E-state index in [1.807, 2.05) is 18.2 Å². The van der Waals surface area contributed by atoms with E-state index < -0.39 is 5.91 Å². The van der Waals surface area contributed by atoms with Crippen molar-refractivity contribution in [2.24, 2.45) is 16.5 Å². The molecule has 0 aliphatic rings. The van der Waals surface area contributed by atoms with Crippen LogP contribution in [-0.2, 0) is 0 Å². The minimum Gasteiger partial charge on any atom is -0.458 e. The molecule has 2 rings (SSSR count). The number of carbonyl (C=O) groups excluding carboxylic acids is 1. The molecule has 1 aromatic heterocycles. The van der Waals surface area contributed by atoms with Crippen molar-refractivity contribution in [3.63, 3.8) is 0 Å². The van der Waals surface area contributed by atoms with Crippen LogP contribution in [0.5, 0.6) is 0 Å². The number of carbonyl (C=O) groups is 1. The number of nitrogens with zero attached hydrogens (tertiary/aromatic N) is 1. The summed E-state index contributed by atoms with van der Waals surface area (Å²) in [5, 5.41) is 1.54. The minimum atomic E-state index is -0.573. The molecule has 0 aliphatic carbocycles. The molecule has 0 aliphatic heterocycles. The largest absolute Gasteiger partial charge is 0.458 e. The first kappa shape index (κ1) is 12.1. The number of halogens is 1. The zero-order chi connectivity index (χ0) is 10.8. The summed E-state index contributed by atoms with van der Waals surface area (Å²) in [4.78, 5) is 14.9. The highest BCUT2D eigenvalue weighted by Gasteiger charge is 2.13. The van der Waals surface area contributed by atoms with Gasteiger partial charge in [-0.05, 0) is 0 Å². The van der Waals surface area contributed by atoms with Gasteiger partial charge >= 0.3 is 5.91 Å². The lowest BCUT2D eigenvalue weighted by atomic mass is 10.2. The molecule has 0 saturated carbocycles. The van der Waals surface area contributed by atoms with Crippen LogP contribution in [0.4, 0.5) is 0 Å². The number of amides is 1. The van der Waals surface area contributed by atoms with Gasteiger partial charge in [-0.3, -0.25) is 4.79 Å². The van der Waals surface area contributed by atoms with Crippen molar-refractivity contribution in [2.45, 2.75) is 0 Å². The molecule has 1 heterocycles. The molecular weight excluding hydrogens is 230 g/mol. The molecule has 0 spiro atoms. The summed E-state index contributed by atoms with van der Waals surface area (Å²) in [5.41, 5.74) is 10.2. The summed E-state index contributed by atoms with van der Waals surface area (Å²) in [6.45, 7) is 0. The van der Waals surface area contributed by atoms with Gasteiger partial charge in [-0.15, -0.1) is 12.4 Å². The van der Waals surface area contributed by atoms with Crippen LogP contribution in [0.25, 0.3) is 10.8 Å². The zero-order valence-corrected chi connectivity index (χ0v) is 9.03. The van der Waals surface area contributed by atoms with Crippen molar-refractivity contribution < 1.29 is 9.21 Å². The highest BCUT2D eigenvalue weighted by atomic mass is 35.5. The normalized spacial score (nSPS) is 9.50. The van der Waals surface area contributed by atoms with E-state index >= 15 is 0 Å². The number of aliphatic imine (C=N–C) groups is 1. The maximum Gasteiger partial charge on any atom is 0.316 e. The van der Waals surface area contributed by atoms with Crippen LogP contribution in [0, 0.1) is 0 Å². The van der Waals surface area contributed by atoms with Crippen molar-refractivity contribution >= 4 is 35.0 Å². The number of nitrogens with two attached hydrogens (primary N) is 2. The first-order valence-corrected chi connectivity index (χ1v) is 4.28. The smallest absolute Gasteiger partial charge is 0.316 e. The van der Waals surface area contributed by atoms with E-state index in [0.717, 1.165) is 5.39 Å². The molecule has 0 unspecified atom stereocenters. The fraction of sp³-hybridized carbons (Fsp3) is 0. The van der Waals surface area contributed by atoms with Crippen LogP contribution >= 0.6 is 12.4 Å². The second-order valence-electron chi connectivity index (χ2n) is 2.99. The molecule has 0 saturated heterocycles. The molecule has 6 heteroatoms. The monoisotopic (exact) mass is 239 g/mol. The molecule has 84 valence electrons. The summed E-state index contributed by atoms with van der Waals surface area (Å²) < 4.78 is 5.11. The summed E-state index contributed by atoms with van der Waals surface area (Å²) in [5.74, 6) is -0.698. The van der Waals surface area contributed by atoms with Gasteiger partial charge in [0.15, 0.2) is 5.96 Å². The van der Waals surface area contributed by atoms with Crippen LogP contribution in [0.1, 0.15) is 10.6 Å². The van der Waals surface area contributed by atoms with E-state index in [0.29, 0.717) is 5.39 Å². The lowest BCUT2D eigenvalue weighted by Crippen LogP contribution is -2.24. The number of hydrogen-bond donors (Lipinski definition) is 2. The van der Waals surface area contributed by atoms with E-state index in [9.17, 15) is 4.79 Å². The Kier molecular flexibility index (Phi) is 3.52. The lowest BCUT2D eigenvalue weighted by molar-refractivity contribution is 0.0978. The highest BCUT2D eigenvalue weighted by Crippen LogP contribution is 2.21. The van der Waals surface area contributed by atoms with E-state index in [1.54, 1.807) is 6.07 Å². The number of rotatable bonds is 1. The summed E-state index contributed by atoms with van der Waals surface area (Å²) >= 11 is 0. The molecule has 5 nitrogen and oxygen atoms in total. The van der Waals surface area contributed by atoms with Gasteiger partial charge in [0.2, 0.25) is 5.76 Å². The Labute approximate surface area is 97.5 Å². The molecule has 4 N–H and O–H groups in total. The van der Waals surface area contributed by atoms with Crippen LogP contribution in [0.3, 0.4) is 0 Å². The van der Waals surface area contributed by atoms with Crippen LogP contribution in [0.2, 0.25) is 0 Å². The molecule has 1 aromatic carbocycles. The van der Waals surface area contributed by atoms with E-state index in [1.165, 1.54) is 6.26 Å². The van der Waals surface area contributed by atoms with Crippen molar-refractivity contribution in [2.75, 3.05) is 0 Å². The second-order valence-corrected chi connectivity index (χ2v) is 2.99. The van der Waals surface area contributed by atoms with Gasteiger partial charge in [0, 0.05) is 10.8 Å². The Morgan fingerprint density at radius 2 is 1.94 bits per heavy atom. The number of benzene rings is 1. The highest BCUT2D eigenvalue weighted by molar-refractivity contribution is 6.08. The second kappa shape index (κ2) is 4.67. The number of fused-ring (bicyclic) bond motifs is 1. The predicted octanol–water partition coefficient (Wildman–Crippen LogP) is 1.27. The number of guanidine groups is 1. The number of hydrogen-bond acceptors (Lipinski definition) is 2. The van der Waals surface area contributed by atoms with E-state index in [-0.39, 0.29) is 24.1 Å².